The molecule has 0 aliphatic carbocycles. The Balaban J connectivity index is 1.79. The standard InChI is InChI=1S/C26H22ClFN2O4/c1-25(2,3)34-24(31)30-15-26(17-9-5-4-6-10-17)32-20-13-12-18(27)22(23(20)33-26)21-16(14-29)8-7-11-19(21)28/h4-13H,15H2,1-3H3,(H,30,31). The molecule has 0 fully saturated rings. The second kappa shape index (κ2) is 8.88. The molecule has 1 aliphatic rings. The number of carbonyl (C=O) groups is 1. The maximum absolute atomic E-state index is 14.9. The molecule has 1 N–H and O–H groups in total. The minimum absolute atomic E-state index is 0.0133. The lowest BCUT2D eigenvalue weighted by Gasteiger charge is -2.29. The van der Waals surface area contributed by atoms with Gasteiger partial charge in [-0.1, -0.05) is 48.0 Å². The van der Waals surface area contributed by atoms with E-state index in [9.17, 15) is 14.4 Å². The lowest BCUT2D eigenvalue weighted by molar-refractivity contribution is -0.0838. The number of fused-ring (bicyclic) bond motifs is 1. The zero-order valence-electron chi connectivity index (χ0n) is 18.8. The van der Waals surface area contributed by atoms with Crippen molar-refractivity contribution < 1.29 is 23.4 Å². The summed E-state index contributed by atoms with van der Waals surface area (Å²) in [4.78, 5) is 12.4. The fraction of sp³-hybridized carbons (Fsp3) is 0.231. The predicted molar refractivity (Wildman–Crippen MR) is 125 cm³/mol. The number of amides is 1. The molecule has 0 bridgehead atoms. The number of hydrogen-bond acceptors (Lipinski definition) is 5. The fourth-order valence-electron chi connectivity index (χ4n) is 3.68. The van der Waals surface area contributed by atoms with Crippen LogP contribution in [0.1, 0.15) is 31.9 Å². The molecule has 1 amide bonds. The van der Waals surface area contributed by atoms with Gasteiger partial charge in [-0.3, -0.25) is 0 Å². The molecule has 6 nitrogen and oxygen atoms in total. The lowest BCUT2D eigenvalue weighted by atomic mass is 9.98. The van der Waals surface area contributed by atoms with E-state index in [0.29, 0.717) is 11.3 Å². The van der Waals surface area contributed by atoms with Crippen LogP contribution < -0.4 is 14.8 Å². The summed E-state index contributed by atoms with van der Waals surface area (Å²) < 4.78 is 32.8. The summed E-state index contributed by atoms with van der Waals surface area (Å²) in [5.74, 6) is -1.63. The number of rotatable bonds is 4. The van der Waals surface area contributed by atoms with Crippen LogP contribution in [-0.2, 0) is 10.5 Å². The Morgan fingerprint density at radius 1 is 1.09 bits per heavy atom. The van der Waals surface area contributed by atoms with Crippen molar-refractivity contribution in [2.75, 3.05) is 6.54 Å². The highest BCUT2D eigenvalue weighted by molar-refractivity contribution is 6.34. The van der Waals surface area contributed by atoms with E-state index in [-0.39, 0.29) is 34.0 Å². The first-order chi connectivity index (χ1) is 16.1. The van der Waals surface area contributed by atoms with Crippen LogP contribution in [0, 0.1) is 17.1 Å². The summed E-state index contributed by atoms with van der Waals surface area (Å²) in [6.45, 7) is 5.16. The Bertz CT molecular complexity index is 1280. The Morgan fingerprint density at radius 3 is 2.50 bits per heavy atom. The average Bonchev–Trinajstić information content (AvgIpc) is 3.18. The predicted octanol–water partition coefficient (Wildman–Crippen LogP) is 6.17. The van der Waals surface area contributed by atoms with E-state index in [1.165, 1.54) is 18.2 Å². The number of nitrogens with zero attached hydrogens (tertiary/aromatic N) is 1. The van der Waals surface area contributed by atoms with Crippen LogP contribution in [0.15, 0.2) is 60.7 Å². The van der Waals surface area contributed by atoms with E-state index in [4.69, 9.17) is 25.8 Å². The first kappa shape index (κ1) is 23.4. The van der Waals surface area contributed by atoms with Crippen molar-refractivity contribution in [3.8, 4) is 28.7 Å². The normalized spacial score (nSPS) is 16.6. The number of alkyl carbamates (subject to hydrolysis) is 1. The van der Waals surface area contributed by atoms with E-state index in [0.717, 1.165) is 0 Å². The molecule has 1 heterocycles. The topological polar surface area (TPSA) is 80.6 Å². The SMILES string of the molecule is CC(C)(C)OC(=O)NCC1(c2ccccc2)Oc2ccc(Cl)c(-c3c(F)cccc3C#N)c2O1. The number of hydrogen-bond donors (Lipinski definition) is 1. The van der Waals surface area contributed by atoms with Crippen LogP contribution in [-0.4, -0.2) is 18.2 Å². The van der Waals surface area contributed by atoms with Gasteiger partial charge in [0.2, 0.25) is 0 Å². The number of nitriles is 1. The number of nitrogens with one attached hydrogen (secondary N) is 1. The lowest BCUT2D eigenvalue weighted by Crippen LogP contribution is -2.48. The van der Waals surface area contributed by atoms with Crippen molar-refractivity contribution in [3.05, 3.63) is 82.6 Å². The molecular weight excluding hydrogens is 459 g/mol. The smallest absolute Gasteiger partial charge is 0.407 e. The molecule has 174 valence electrons. The number of ether oxygens (including phenoxy) is 3. The first-order valence-corrected chi connectivity index (χ1v) is 10.9. The number of carbonyl (C=O) groups excluding carboxylic acids is 1. The van der Waals surface area contributed by atoms with Gasteiger partial charge in [-0.25, -0.2) is 9.18 Å². The van der Waals surface area contributed by atoms with Gasteiger partial charge < -0.3 is 19.5 Å². The van der Waals surface area contributed by atoms with Crippen molar-refractivity contribution in [2.45, 2.75) is 32.2 Å². The van der Waals surface area contributed by atoms with Crippen molar-refractivity contribution in [3.63, 3.8) is 0 Å². The molecule has 1 unspecified atom stereocenters. The van der Waals surface area contributed by atoms with Gasteiger partial charge in [-0.2, -0.15) is 5.26 Å². The molecule has 4 rings (SSSR count). The van der Waals surface area contributed by atoms with Gasteiger partial charge in [0.05, 0.1) is 22.2 Å². The molecule has 3 aromatic carbocycles. The summed E-state index contributed by atoms with van der Waals surface area (Å²) in [7, 11) is 0. The summed E-state index contributed by atoms with van der Waals surface area (Å²) in [5.41, 5.74) is 0.230. The zero-order chi connectivity index (χ0) is 24.5. The van der Waals surface area contributed by atoms with Gasteiger partial charge in [-0.15, -0.1) is 0 Å². The van der Waals surface area contributed by atoms with Crippen LogP contribution >= 0.6 is 11.6 Å². The van der Waals surface area contributed by atoms with Crippen LogP contribution in [0.5, 0.6) is 11.5 Å². The molecular formula is C26H22ClFN2O4. The van der Waals surface area contributed by atoms with Crippen LogP contribution in [0.2, 0.25) is 5.02 Å². The third kappa shape index (κ3) is 4.50. The Kier molecular flexibility index (Phi) is 6.11. The molecule has 0 spiro atoms. The molecule has 0 saturated heterocycles. The van der Waals surface area contributed by atoms with Crippen LogP contribution in [0.25, 0.3) is 11.1 Å². The van der Waals surface area contributed by atoms with Crippen molar-refractivity contribution in [2.24, 2.45) is 0 Å². The Morgan fingerprint density at radius 2 is 1.82 bits per heavy atom. The van der Waals surface area contributed by atoms with Gasteiger partial charge in [0.25, 0.3) is 5.79 Å². The van der Waals surface area contributed by atoms with Crippen LogP contribution in [0.4, 0.5) is 9.18 Å². The van der Waals surface area contributed by atoms with Gasteiger partial charge in [0, 0.05) is 11.1 Å². The van der Waals surface area contributed by atoms with Gasteiger partial charge >= 0.3 is 6.09 Å². The summed E-state index contributed by atoms with van der Waals surface area (Å²) in [6.07, 6.45) is -0.648. The van der Waals surface area contributed by atoms with Crippen molar-refractivity contribution in [1.82, 2.24) is 5.32 Å². The molecule has 8 heteroatoms. The van der Waals surface area contributed by atoms with E-state index < -0.39 is 23.3 Å². The molecule has 1 atom stereocenters. The zero-order valence-corrected chi connectivity index (χ0v) is 19.6. The summed E-state index contributed by atoms with van der Waals surface area (Å²) in [6, 6.07) is 18.4. The minimum Gasteiger partial charge on any atom is -0.444 e. The Hall–Kier alpha value is -3.76. The molecule has 34 heavy (non-hydrogen) atoms. The fourth-order valence-corrected chi connectivity index (χ4v) is 3.92. The minimum atomic E-state index is -1.47. The monoisotopic (exact) mass is 480 g/mol. The molecule has 0 aromatic heterocycles. The number of benzene rings is 3. The molecule has 1 aliphatic heterocycles. The Labute approximate surface area is 201 Å². The molecule has 0 radical (unpaired) electrons. The van der Waals surface area contributed by atoms with Crippen LogP contribution in [0.3, 0.4) is 0 Å². The summed E-state index contributed by atoms with van der Waals surface area (Å²) >= 11 is 6.48. The second-order valence-electron chi connectivity index (χ2n) is 8.70. The third-order valence-corrected chi connectivity index (χ3v) is 5.39. The highest BCUT2D eigenvalue weighted by Crippen LogP contribution is 2.52. The van der Waals surface area contributed by atoms with E-state index >= 15 is 0 Å². The van der Waals surface area contributed by atoms with Gasteiger partial charge in [0.1, 0.15) is 18.0 Å². The largest absolute Gasteiger partial charge is 0.444 e. The van der Waals surface area contributed by atoms with Gasteiger partial charge in [-0.05, 0) is 45.0 Å². The first-order valence-electron chi connectivity index (χ1n) is 10.6. The molecule has 3 aromatic rings. The quantitative estimate of drug-likeness (QED) is 0.483. The highest BCUT2D eigenvalue weighted by Gasteiger charge is 2.46. The maximum atomic E-state index is 14.9. The van der Waals surface area contributed by atoms with Crippen molar-refractivity contribution in [1.29, 1.82) is 5.26 Å². The van der Waals surface area contributed by atoms with E-state index in [1.807, 2.05) is 12.1 Å². The van der Waals surface area contributed by atoms with Gasteiger partial charge in [0.15, 0.2) is 11.5 Å². The van der Waals surface area contributed by atoms with E-state index in [1.54, 1.807) is 57.2 Å². The highest BCUT2D eigenvalue weighted by atomic mass is 35.5. The van der Waals surface area contributed by atoms with Crippen molar-refractivity contribution >= 4 is 17.7 Å². The average molecular weight is 481 g/mol. The second-order valence-corrected chi connectivity index (χ2v) is 9.11. The molecule has 0 saturated carbocycles. The third-order valence-electron chi connectivity index (χ3n) is 5.07. The maximum Gasteiger partial charge on any atom is 0.407 e. The van der Waals surface area contributed by atoms with E-state index in [2.05, 4.69) is 5.32 Å². The number of halogens is 2. The summed E-state index contributed by atoms with van der Waals surface area (Å²) in [5, 5.41) is 12.4.